The van der Waals surface area contributed by atoms with Crippen LogP contribution in [0.15, 0.2) is 85.1 Å². The van der Waals surface area contributed by atoms with Gasteiger partial charge in [0.1, 0.15) is 19.3 Å². The Morgan fingerprint density at radius 3 is 1.24 bits per heavy atom. The third-order valence-corrected chi connectivity index (χ3v) is 15.1. The number of unbranched alkanes of at least 4 members (excludes halogenated alkanes) is 30. The Kier molecular flexibility index (Phi) is 55.4. The highest BCUT2D eigenvalue weighted by atomic mass is 31.2. The molecule has 0 radical (unpaired) electrons. The molecule has 1 amide bonds. The lowest BCUT2D eigenvalue weighted by Gasteiger charge is -2.27. The number of quaternary nitrogens is 1. The number of carbonyl (C=O) groups excluding carboxylic acids is 2. The number of ether oxygens (including phenoxy) is 1. The van der Waals surface area contributed by atoms with E-state index in [9.17, 15) is 19.0 Å². The largest absolute Gasteiger partial charge is 0.472 e. The molecule has 2 N–H and O–H groups in total. The summed E-state index contributed by atoms with van der Waals surface area (Å²) in [7, 11) is 1.48. The SMILES string of the molecule is CC/C=C\C/C=C\C/C=C\C/C=C\C/C=C\CCCCCCCCCC(=O)OC(/C=C\CCCCCCCCCCCCC)C(COP(=O)(O)OCC[N+](C)(C)C)NC(=O)CCCCCCC/C=C/CCCCCCCCC. The molecular formula is C68H124N2O7P+. The third kappa shape index (κ3) is 57.9. The van der Waals surface area contributed by atoms with Crippen molar-refractivity contribution in [2.75, 3.05) is 40.9 Å². The van der Waals surface area contributed by atoms with Crippen LogP contribution in [0.4, 0.5) is 0 Å². The van der Waals surface area contributed by atoms with Crippen LogP contribution in [0.25, 0.3) is 0 Å². The third-order valence-electron chi connectivity index (χ3n) is 14.1. The molecule has 78 heavy (non-hydrogen) atoms. The summed E-state index contributed by atoms with van der Waals surface area (Å²) < 4.78 is 30.7. The number of allylic oxidation sites excluding steroid dienone is 13. The summed E-state index contributed by atoms with van der Waals surface area (Å²) in [5.74, 6) is -0.525. The summed E-state index contributed by atoms with van der Waals surface area (Å²) >= 11 is 0. The lowest BCUT2D eigenvalue weighted by atomic mass is 10.0. The van der Waals surface area contributed by atoms with E-state index in [2.05, 4.69) is 99.0 Å². The zero-order valence-corrected chi connectivity index (χ0v) is 52.5. The van der Waals surface area contributed by atoms with Crippen LogP contribution in [-0.4, -0.2) is 74.3 Å². The number of hydrogen-bond donors (Lipinski definition) is 2. The molecule has 0 aromatic carbocycles. The van der Waals surface area contributed by atoms with Crippen molar-refractivity contribution in [3.05, 3.63) is 85.1 Å². The van der Waals surface area contributed by atoms with Crippen LogP contribution in [-0.2, 0) is 27.9 Å². The number of esters is 1. The van der Waals surface area contributed by atoms with Gasteiger partial charge in [-0.3, -0.25) is 18.6 Å². The van der Waals surface area contributed by atoms with E-state index in [4.69, 9.17) is 13.8 Å². The molecule has 0 spiro atoms. The fourth-order valence-electron chi connectivity index (χ4n) is 9.08. The van der Waals surface area contributed by atoms with Crippen LogP contribution in [0.3, 0.4) is 0 Å². The average Bonchev–Trinajstić information content (AvgIpc) is 3.40. The predicted molar refractivity (Wildman–Crippen MR) is 337 cm³/mol. The number of phosphoric ester groups is 1. The van der Waals surface area contributed by atoms with Crippen LogP contribution in [0.2, 0.25) is 0 Å². The summed E-state index contributed by atoms with van der Waals surface area (Å²) in [6, 6.07) is -0.861. The van der Waals surface area contributed by atoms with Crippen LogP contribution in [0.5, 0.6) is 0 Å². The standard InChI is InChI=1S/C68H123N2O7P/c1-7-10-13-16-19-22-25-28-30-32-33-34-35-36-37-38-40-43-46-49-52-55-58-61-68(72)77-66(59-56-53-50-47-44-41-27-24-21-18-15-12-9-3)65(64-76-78(73,74)75-63-62-70(4,5)6)69-67(71)60-57-54-51-48-45-42-39-31-29-26-23-20-17-14-11-8-2/h10,13,19,22,28,30-31,33-34,36-37,39,56,59,65-66H,7-9,11-12,14-18,20-21,23-27,29,32,35,38,40-55,57-58,60-64H2,1-6H3,(H-,69,71,73,74)/p+1/b13-10-,22-19-,30-28-,34-33-,37-36-,39-31+,59-56-. The van der Waals surface area contributed by atoms with Crippen molar-refractivity contribution >= 4 is 19.7 Å². The molecule has 452 valence electrons. The molecule has 0 aliphatic carbocycles. The van der Waals surface area contributed by atoms with Gasteiger partial charge in [0.2, 0.25) is 5.91 Å². The highest BCUT2D eigenvalue weighted by molar-refractivity contribution is 7.47. The molecule has 9 nitrogen and oxygen atoms in total. The Hall–Kier alpha value is -2.81. The van der Waals surface area contributed by atoms with Gasteiger partial charge < -0.3 is 19.4 Å². The molecule has 0 bridgehead atoms. The molecule has 0 aromatic rings. The number of hydrogen-bond acceptors (Lipinski definition) is 6. The van der Waals surface area contributed by atoms with Crippen molar-refractivity contribution in [1.29, 1.82) is 0 Å². The molecule has 0 aliphatic rings. The molecule has 10 heteroatoms. The normalized spacial score (nSPS) is 14.2. The Balaban J connectivity index is 5.26. The number of nitrogens with zero attached hydrogens (tertiary/aromatic N) is 1. The van der Waals surface area contributed by atoms with Gasteiger partial charge in [-0.05, 0) is 102 Å². The molecule has 0 saturated carbocycles. The van der Waals surface area contributed by atoms with Crippen LogP contribution in [0, 0.1) is 0 Å². The van der Waals surface area contributed by atoms with Crippen molar-refractivity contribution in [3.63, 3.8) is 0 Å². The summed E-state index contributed by atoms with van der Waals surface area (Å²) in [6.07, 6.45) is 75.8. The smallest absolute Gasteiger partial charge is 0.456 e. The molecule has 0 aromatic heterocycles. The van der Waals surface area contributed by atoms with Crippen LogP contribution < -0.4 is 5.32 Å². The maximum atomic E-state index is 13.6. The molecule has 0 aliphatic heterocycles. The molecular weight excluding hydrogens is 988 g/mol. The second-order valence-corrected chi connectivity index (χ2v) is 24.4. The summed E-state index contributed by atoms with van der Waals surface area (Å²) in [5, 5.41) is 3.05. The maximum Gasteiger partial charge on any atom is 0.472 e. The zero-order chi connectivity index (χ0) is 57.2. The van der Waals surface area contributed by atoms with Crippen molar-refractivity contribution in [3.8, 4) is 0 Å². The Bertz CT molecular complexity index is 1610. The summed E-state index contributed by atoms with van der Waals surface area (Å²) in [5.41, 5.74) is 0. The first-order chi connectivity index (χ1) is 37.9. The minimum absolute atomic E-state index is 0.0340. The van der Waals surface area contributed by atoms with E-state index >= 15 is 0 Å². The van der Waals surface area contributed by atoms with Gasteiger partial charge in [-0.2, -0.15) is 0 Å². The molecule has 3 unspecified atom stereocenters. The van der Waals surface area contributed by atoms with Crippen molar-refractivity contribution in [2.45, 2.75) is 296 Å². The summed E-state index contributed by atoms with van der Waals surface area (Å²) in [4.78, 5) is 37.8. The van der Waals surface area contributed by atoms with Gasteiger partial charge in [0.05, 0.1) is 33.8 Å². The number of rotatable bonds is 58. The quantitative estimate of drug-likeness (QED) is 0.0205. The van der Waals surface area contributed by atoms with Gasteiger partial charge >= 0.3 is 13.8 Å². The van der Waals surface area contributed by atoms with E-state index in [1.54, 1.807) is 0 Å². The molecule has 0 saturated heterocycles. The zero-order valence-electron chi connectivity index (χ0n) is 51.6. The van der Waals surface area contributed by atoms with Crippen LogP contribution >= 0.6 is 7.82 Å². The van der Waals surface area contributed by atoms with Gasteiger partial charge in [0, 0.05) is 12.8 Å². The van der Waals surface area contributed by atoms with E-state index in [0.29, 0.717) is 17.4 Å². The van der Waals surface area contributed by atoms with Crippen molar-refractivity contribution in [1.82, 2.24) is 5.32 Å². The minimum Gasteiger partial charge on any atom is -0.456 e. The van der Waals surface area contributed by atoms with E-state index in [0.717, 1.165) is 122 Å². The fraction of sp³-hybridized carbons (Fsp3) is 0.765. The molecule has 0 fully saturated rings. The number of phosphoric acid groups is 1. The number of carbonyl (C=O) groups is 2. The monoisotopic (exact) mass is 1110 g/mol. The second-order valence-electron chi connectivity index (χ2n) is 22.9. The number of nitrogens with one attached hydrogen (secondary N) is 1. The Morgan fingerprint density at radius 1 is 0.462 bits per heavy atom. The maximum absolute atomic E-state index is 13.6. The van der Waals surface area contributed by atoms with E-state index in [1.165, 1.54) is 128 Å². The topological polar surface area (TPSA) is 111 Å². The minimum atomic E-state index is -4.46. The highest BCUT2D eigenvalue weighted by Crippen LogP contribution is 2.43. The molecule has 0 rings (SSSR count). The lowest BCUT2D eigenvalue weighted by Crippen LogP contribution is -2.47. The first kappa shape index (κ1) is 75.2. The predicted octanol–water partition coefficient (Wildman–Crippen LogP) is 20.2. The Morgan fingerprint density at radius 2 is 0.821 bits per heavy atom. The van der Waals surface area contributed by atoms with Crippen molar-refractivity contribution in [2.24, 2.45) is 0 Å². The number of likely N-dealkylation sites (N-methyl/N-ethyl adjacent to an activating group) is 1. The first-order valence-electron chi connectivity index (χ1n) is 32.4. The first-order valence-corrected chi connectivity index (χ1v) is 33.9. The van der Waals surface area contributed by atoms with Gasteiger partial charge in [0.25, 0.3) is 0 Å². The van der Waals surface area contributed by atoms with Crippen LogP contribution in [0.1, 0.15) is 284 Å². The average molecular weight is 1110 g/mol. The summed E-state index contributed by atoms with van der Waals surface area (Å²) in [6.45, 7) is 6.90. The highest BCUT2D eigenvalue weighted by Gasteiger charge is 2.30. The van der Waals surface area contributed by atoms with Gasteiger partial charge in [-0.25, -0.2) is 4.57 Å². The van der Waals surface area contributed by atoms with Gasteiger partial charge in [-0.15, -0.1) is 0 Å². The van der Waals surface area contributed by atoms with E-state index < -0.39 is 20.0 Å². The van der Waals surface area contributed by atoms with Crippen molar-refractivity contribution < 1.29 is 37.3 Å². The van der Waals surface area contributed by atoms with E-state index in [-0.39, 0.29) is 31.5 Å². The molecule has 3 atom stereocenters. The molecule has 0 heterocycles. The van der Waals surface area contributed by atoms with Gasteiger partial charge in [-0.1, -0.05) is 254 Å². The fourth-order valence-corrected chi connectivity index (χ4v) is 9.82. The van der Waals surface area contributed by atoms with E-state index in [1.807, 2.05) is 33.3 Å². The second kappa shape index (κ2) is 57.4. The number of amides is 1. The lowest BCUT2D eigenvalue weighted by molar-refractivity contribution is -0.870. The van der Waals surface area contributed by atoms with Gasteiger partial charge in [0.15, 0.2) is 0 Å². The Labute approximate surface area is 482 Å².